The second-order valence-electron chi connectivity index (χ2n) is 8.36. The molecule has 1 fully saturated rings. The minimum Gasteiger partial charge on any atom is -0.488 e. The van der Waals surface area contributed by atoms with Crippen LogP contribution in [0.4, 0.5) is 0 Å². The van der Waals surface area contributed by atoms with Crippen molar-refractivity contribution in [2.75, 3.05) is 6.54 Å². The lowest BCUT2D eigenvalue weighted by molar-refractivity contribution is 0.0441. The van der Waals surface area contributed by atoms with Gasteiger partial charge in [0.25, 0.3) is 0 Å². The molecule has 4 nitrogen and oxygen atoms in total. The van der Waals surface area contributed by atoms with Gasteiger partial charge in [0.2, 0.25) is 0 Å². The van der Waals surface area contributed by atoms with Gasteiger partial charge in [-0.25, -0.2) is 0 Å². The standard InChI is InChI=1S/C23H29NO3S/c1-13-8-14(2)10-17(9-13)27-20-6-5-19(23(20)26)24-12-16-4-7-21-18(22(16)25)11-15(3)28-21/h8-11,16,19-20,23-24,26H,4-7,12H2,1-3H3. The number of aliphatic hydroxyl groups is 1. The van der Waals surface area contributed by atoms with Gasteiger partial charge in [0.05, 0.1) is 0 Å². The highest BCUT2D eigenvalue weighted by Gasteiger charge is 2.37. The topological polar surface area (TPSA) is 58.6 Å². The third-order valence-corrected chi connectivity index (χ3v) is 7.06. The third-order valence-electron chi connectivity index (χ3n) is 5.95. The smallest absolute Gasteiger partial charge is 0.168 e. The number of aryl methyl sites for hydroxylation is 4. The average molecular weight is 400 g/mol. The van der Waals surface area contributed by atoms with E-state index in [1.165, 1.54) is 9.75 Å². The fourth-order valence-electron chi connectivity index (χ4n) is 4.57. The first kappa shape index (κ1) is 19.6. The summed E-state index contributed by atoms with van der Waals surface area (Å²) in [5, 5.41) is 14.2. The van der Waals surface area contributed by atoms with Crippen molar-refractivity contribution in [1.29, 1.82) is 0 Å². The maximum absolute atomic E-state index is 12.8. The molecule has 4 rings (SSSR count). The minimum atomic E-state index is -0.557. The number of ether oxygens (including phenoxy) is 1. The van der Waals surface area contributed by atoms with Gasteiger partial charge in [0.15, 0.2) is 5.78 Å². The van der Waals surface area contributed by atoms with Gasteiger partial charge >= 0.3 is 0 Å². The lowest BCUT2D eigenvalue weighted by Gasteiger charge is -2.25. The summed E-state index contributed by atoms with van der Waals surface area (Å²) in [6.45, 7) is 6.80. The normalized spacial score (nSPS) is 27.1. The molecule has 0 bridgehead atoms. The number of thiophene rings is 1. The van der Waals surface area contributed by atoms with Crippen LogP contribution in [0.3, 0.4) is 0 Å². The van der Waals surface area contributed by atoms with Gasteiger partial charge < -0.3 is 15.2 Å². The number of benzene rings is 1. The molecule has 1 heterocycles. The number of nitrogens with one attached hydrogen (secondary N) is 1. The monoisotopic (exact) mass is 399 g/mol. The van der Waals surface area contributed by atoms with Crippen LogP contribution in [0.5, 0.6) is 5.75 Å². The Bertz CT molecular complexity index is 854. The number of carbonyl (C=O) groups excluding carboxylic acids is 1. The molecule has 150 valence electrons. The van der Waals surface area contributed by atoms with E-state index in [4.69, 9.17) is 4.74 Å². The number of hydrogen-bond donors (Lipinski definition) is 2. The number of hydrogen-bond acceptors (Lipinski definition) is 5. The van der Waals surface area contributed by atoms with Crippen LogP contribution >= 0.6 is 11.3 Å². The van der Waals surface area contributed by atoms with E-state index < -0.39 is 6.10 Å². The second kappa shape index (κ2) is 7.97. The molecule has 2 N–H and O–H groups in total. The van der Waals surface area contributed by atoms with Crippen molar-refractivity contribution in [3.63, 3.8) is 0 Å². The highest BCUT2D eigenvalue weighted by Crippen LogP contribution is 2.32. The number of rotatable bonds is 5. The van der Waals surface area contributed by atoms with E-state index in [-0.39, 0.29) is 23.8 Å². The van der Waals surface area contributed by atoms with Gasteiger partial charge in [-0.05, 0) is 75.8 Å². The fraction of sp³-hybridized carbons (Fsp3) is 0.522. The molecule has 2 aliphatic rings. The van der Waals surface area contributed by atoms with Crippen LogP contribution in [0.2, 0.25) is 0 Å². The van der Waals surface area contributed by atoms with Crippen LogP contribution in [0.25, 0.3) is 0 Å². The van der Waals surface area contributed by atoms with E-state index >= 15 is 0 Å². The van der Waals surface area contributed by atoms with Crippen molar-refractivity contribution < 1.29 is 14.6 Å². The SMILES string of the molecule is Cc1cc(C)cc(OC2CCC(NCC3CCc4sc(C)cc4C3=O)C2O)c1. The predicted molar refractivity (Wildman–Crippen MR) is 113 cm³/mol. The molecular weight excluding hydrogens is 370 g/mol. The van der Waals surface area contributed by atoms with Crippen molar-refractivity contribution in [2.24, 2.45) is 5.92 Å². The number of ketones is 1. The van der Waals surface area contributed by atoms with Gasteiger partial charge in [0, 0.05) is 33.8 Å². The summed E-state index contributed by atoms with van der Waals surface area (Å²) in [5.41, 5.74) is 3.25. The lowest BCUT2D eigenvalue weighted by atomic mass is 9.87. The first-order valence-electron chi connectivity index (χ1n) is 10.2. The van der Waals surface area contributed by atoms with E-state index in [9.17, 15) is 9.90 Å². The van der Waals surface area contributed by atoms with Crippen LogP contribution < -0.4 is 10.1 Å². The Morgan fingerprint density at radius 3 is 2.61 bits per heavy atom. The van der Waals surface area contributed by atoms with Gasteiger partial charge in [0.1, 0.15) is 18.0 Å². The molecule has 0 radical (unpaired) electrons. The third kappa shape index (κ3) is 4.02. The molecule has 4 unspecified atom stereocenters. The number of carbonyl (C=O) groups is 1. The Balaban J connectivity index is 1.33. The Kier molecular flexibility index (Phi) is 5.59. The van der Waals surface area contributed by atoms with Gasteiger partial charge in [-0.3, -0.25) is 4.79 Å². The van der Waals surface area contributed by atoms with Crippen molar-refractivity contribution in [3.8, 4) is 5.75 Å². The van der Waals surface area contributed by atoms with E-state index in [2.05, 4.69) is 32.2 Å². The first-order valence-corrected chi connectivity index (χ1v) is 11.0. The zero-order valence-corrected chi connectivity index (χ0v) is 17.6. The van der Waals surface area contributed by atoms with Crippen molar-refractivity contribution >= 4 is 17.1 Å². The van der Waals surface area contributed by atoms with Gasteiger partial charge in [-0.2, -0.15) is 0 Å². The molecule has 1 aromatic carbocycles. The van der Waals surface area contributed by atoms with Crippen molar-refractivity contribution in [3.05, 3.63) is 50.7 Å². The summed E-state index contributed by atoms with van der Waals surface area (Å²) in [4.78, 5) is 15.2. The van der Waals surface area contributed by atoms with Gasteiger partial charge in [-0.1, -0.05) is 6.07 Å². The summed E-state index contributed by atoms with van der Waals surface area (Å²) in [7, 11) is 0. The zero-order valence-electron chi connectivity index (χ0n) is 16.8. The molecular formula is C23H29NO3S. The first-order chi connectivity index (χ1) is 13.4. The van der Waals surface area contributed by atoms with Crippen LogP contribution in [0.1, 0.15) is 50.5 Å². The summed E-state index contributed by atoms with van der Waals surface area (Å²) < 4.78 is 6.09. The van der Waals surface area contributed by atoms with E-state index in [0.29, 0.717) is 6.54 Å². The van der Waals surface area contributed by atoms with Crippen LogP contribution in [-0.2, 0) is 6.42 Å². The maximum atomic E-state index is 12.8. The van der Waals surface area contributed by atoms with Crippen LogP contribution in [-0.4, -0.2) is 35.7 Å². The Morgan fingerprint density at radius 2 is 1.86 bits per heavy atom. The summed E-state index contributed by atoms with van der Waals surface area (Å²) >= 11 is 1.75. The Morgan fingerprint density at radius 1 is 1.11 bits per heavy atom. The quantitative estimate of drug-likeness (QED) is 0.798. The molecule has 2 aromatic rings. The van der Waals surface area contributed by atoms with E-state index in [1.54, 1.807) is 11.3 Å². The Hall–Kier alpha value is -1.69. The van der Waals surface area contributed by atoms with Gasteiger partial charge in [-0.15, -0.1) is 11.3 Å². The maximum Gasteiger partial charge on any atom is 0.168 e. The number of aliphatic hydroxyl groups excluding tert-OH is 1. The molecule has 0 spiro atoms. The molecule has 0 amide bonds. The number of Topliss-reactive ketones (excluding diaryl/α,β-unsaturated/α-hetero) is 1. The van der Waals surface area contributed by atoms with E-state index in [0.717, 1.165) is 48.1 Å². The second-order valence-corrected chi connectivity index (χ2v) is 9.70. The predicted octanol–water partition coefficient (Wildman–Crippen LogP) is 3.98. The van der Waals surface area contributed by atoms with Crippen molar-refractivity contribution in [2.45, 2.75) is 64.7 Å². The summed E-state index contributed by atoms with van der Waals surface area (Å²) in [6.07, 6.45) is 2.80. The average Bonchev–Trinajstić information content (AvgIpc) is 3.17. The lowest BCUT2D eigenvalue weighted by Crippen LogP contribution is -2.44. The fourth-order valence-corrected chi connectivity index (χ4v) is 5.63. The molecule has 0 aliphatic heterocycles. The van der Waals surface area contributed by atoms with Crippen LogP contribution in [0, 0.1) is 26.7 Å². The molecule has 28 heavy (non-hydrogen) atoms. The molecule has 2 aliphatic carbocycles. The minimum absolute atomic E-state index is 0.00749. The Labute approximate surface area is 170 Å². The largest absolute Gasteiger partial charge is 0.488 e. The van der Waals surface area contributed by atoms with E-state index in [1.807, 2.05) is 18.2 Å². The zero-order chi connectivity index (χ0) is 19.8. The molecule has 0 saturated heterocycles. The highest BCUT2D eigenvalue weighted by molar-refractivity contribution is 7.12. The summed E-state index contributed by atoms with van der Waals surface area (Å²) in [5.74, 6) is 1.09. The number of fused-ring (bicyclic) bond motifs is 1. The highest BCUT2D eigenvalue weighted by atomic mass is 32.1. The molecule has 1 saturated carbocycles. The van der Waals surface area contributed by atoms with Crippen LogP contribution in [0.15, 0.2) is 24.3 Å². The molecule has 4 atom stereocenters. The van der Waals surface area contributed by atoms with Crippen molar-refractivity contribution in [1.82, 2.24) is 5.32 Å². The summed E-state index contributed by atoms with van der Waals surface area (Å²) in [6, 6.07) is 8.16. The molecule has 1 aromatic heterocycles. The molecule has 5 heteroatoms.